The van der Waals surface area contributed by atoms with Crippen molar-refractivity contribution in [1.82, 2.24) is 10.6 Å². The average Bonchev–Trinajstić information content (AvgIpc) is 2.61. The molecule has 10 heteroatoms. The van der Waals surface area contributed by atoms with Crippen LogP contribution in [0.15, 0.2) is 0 Å². The van der Waals surface area contributed by atoms with Gasteiger partial charge in [-0.2, -0.15) is 0 Å². The van der Waals surface area contributed by atoms with Crippen molar-refractivity contribution in [3.05, 3.63) is 0 Å². The topological polar surface area (TPSA) is 185 Å². The summed E-state index contributed by atoms with van der Waals surface area (Å²) < 4.78 is 0. The highest BCUT2D eigenvalue weighted by Crippen LogP contribution is 2.05. The summed E-state index contributed by atoms with van der Waals surface area (Å²) >= 11 is 0. The van der Waals surface area contributed by atoms with Gasteiger partial charge in [-0.05, 0) is 38.6 Å². The predicted octanol–water partition coefficient (Wildman–Crippen LogP) is -0.448. The lowest BCUT2D eigenvalue weighted by Gasteiger charge is -2.22. The highest BCUT2D eigenvalue weighted by atomic mass is 16.4. The Kier molecular flexibility index (Phi) is 12.8. The van der Waals surface area contributed by atoms with Gasteiger partial charge in [0.15, 0.2) is 0 Å². The van der Waals surface area contributed by atoms with Crippen LogP contribution in [-0.2, 0) is 19.2 Å². The summed E-state index contributed by atoms with van der Waals surface area (Å²) in [6.45, 7) is 2.36. The first-order valence-electron chi connectivity index (χ1n) is 9.23. The third-order valence-electron chi connectivity index (χ3n) is 4.05. The van der Waals surface area contributed by atoms with Crippen molar-refractivity contribution in [2.24, 2.45) is 11.5 Å². The second kappa shape index (κ2) is 13.9. The second-order valence-electron chi connectivity index (χ2n) is 6.43. The minimum atomic E-state index is -1.21. The van der Waals surface area contributed by atoms with E-state index in [0.29, 0.717) is 25.8 Å². The van der Waals surface area contributed by atoms with Crippen LogP contribution in [0.2, 0.25) is 0 Å². The minimum Gasteiger partial charge on any atom is -0.481 e. The van der Waals surface area contributed by atoms with Crippen LogP contribution in [0.25, 0.3) is 0 Å². The Morgan fingerprint density at radius 2 is 1.52 bits per heavy atom. The van der Waals surface area contributed by atoms with Gasteiger partial charge in [0, 0.05) is 6.42 Å². The summed E-state index contributed by atoms with van der Waals surface area (Å²) in [7, 11) is 0. The molecule has 0 saturated carbocycles. The number of amides is 2. The van der Waals surface area contributed by atoms with E-state index in [2.05, 4.69) is 10.6 Å². The van der Waals surface area contributed by atoms with Crippen molar-refractivity contribution in [2.45, 2.75) is 76.4 Å². The molecule has 0 bridgehead atoms. The maximum atomic E-state index is 12.4. The first kappa shape index (κ1) is 24.8. The first-order chi connectivity index (χ1) is 12.7. The smallest absolute Gasteiger partial charge is 0.326 e. The Bertz CT molecular complexity index is 500. The molecule has 8 N–H and O–H groups in total. The molecule has 156 valence electrons. The van der Waals surface area contributed by atoms with Gasteiger partial charge < -0.3 is 32.3 Å². The number of carbonyl (C=O) groups is 4. The van der Waals surface area contributed by atoms with Gasteiger partial charge >= 0.3 is 11.9 Å². The molecule has 0 aliphatic heterocycles. The van der Waals surface area contributed by atoms with Gasteiger partial charge in [-0.25, -0.2) is 4.79 Å². The molecular formula is C17H32N4O6. The number of rotatable bonds is 15. The van der Waals surface area contributed by atoms with Gasteiger partial charge in [-0.3, -0.25) is 14.4 Å². The van der Waals surface area contributed by atoms with Gasteiger partial charge in [0.05, 0.1) is 6.04 Å². The van der Waals surface area contributed by atoms with Gasteiger partial charge in [0.1, 0.15) is 12.1 Å². The molecule has 10 nitrogen and oxygen atoms in total. The number of carboxylic acids is 2. The quantitative estimate of drug-likeness (QED) is 0.204. The summed E-state index contributed by atoms with van der Waals surface area (Å²) in [5, 5.41) is 22.9. The highest BCUT2D eigenvalue weighted by molar-refractivity contribution is 5.92. The molecule has 0 aromatic carbocycles. The fourth-order valence-corrected chi connectivity index (χ4v) is 2.39. The van der Waals surface area contributed by atoms with Crippen LogP contribution in [0.5, 0.6) is 0 Å². The largest absolute Gasteiger partial charge is 0.481 e. The molecule has 0 spiro atoms. The molecule has 2 amide bonds. The molecule has 0 aliphatic carbocycles. The molecule has 3 atom stereocenters. The van der Waals surface area contributed by atoms with Gasteiger partial charge in [-0.1, -0.05) is 19.8 Å². The molecule has 0 rings (SSSR count). The maximum Gasteiger partial charge on any atom is 0.326 e. The molecule has 0 saturated heterocycles. The normalized spacial score (nSPS) is 14.0. The van der Waals surface area contributed by atoms with Crippen LogP contribution < -0.4 is 22.1 Å². The van der Waals surface area contributed by atoms with Gasteiger partial charge in [0.2, 0.25) is 11.8 Å². The Morgan fingerprint density at radius 1 is 0.889 bits per heavy atom. The van der Waals surface area contributed by atoms with E-state index in [9.17, 15) is 24.3 Å². The molecule has 0 aromatic rings. The number of nitrogens with two attached hydrogens (primary N) is 2. The molecule has 27 heavy (non-hydrogen) atoms. The zero-order valence-electron chi connectivity index (χ0n) is 15.8. The zero-order valence-corrected chi connectivity index (χ0v) is 15.8. The van der Waals surface area contributed by atoms with Crippen LogP contribution in [0.1, 0.15) is 58.3 Å². The van der Waals surface area contributed by atoms with Gasteiger partial charge in [0.25, 0.3) is 0 Å². The van der Waals surface area contributed by atoms with E-state index in [-0.39, 0.29) is 19.3 Å². The number of carboxylic acid groups (broad SMARTS) is 2. The predicted molar refractivity (Wildman–Crippen MR) is 98.8 cm³/mol. The first-order valence-corrected chi connectivity index (χ1v) is 9.23. The number of unbranched alkanes of at least 4 members (excludes halogenated alkanes) is 2. The summed E-state index contributed by atoms with van der Waals surface area (Å²) in [5.74, 6) is -3.64. The summed E-state index contributed by atoms with van der Waals surface area (Å²) in [6.07, 6.45) is 2.83. The van der Waals surface area contributed by atoms with E-state index >= 15 is 0 Å². The molecule has 0 unspecified atom stereocenters. The fourth-order valence-electron chi connectivity index (χ4n) is 2.39. The number of carbonyl (C=O) groups excluding carboxylic acids is 2. The van der Waals surface area contributed by atoms with Gasteiger partial charge in [-0.15, -0.1) is 0 Å². The van der Waals surface area contributed by atoms with Crippen molar-refractivity contribution in [1.29, 1.82) is 0 Å². The van der Waals surface area contributed by atoms with E-state index in [1.807, 2.05) is 6.92 Å². The zero-order chi connectivity index (χ0) is 20.8. The third-order valence-corrected chi connectivity index (χ3v) is 4.05. The molecule has 0 heterocycles. The number of aliphatic carboxylic acids is 2. The lowest BCUT2D eigenvalue weighted by Crippen LogP contribution is -2.54. The molecule has 0 aromatic heterocycles. The molecule has 0 aliphatic rings. The average molecular weight is 388 g/mol. The van der Waals surface area contributed by atoms with E-state index in [4.69, 9.17) is 16.6 Å². The van der Waals surface area contributed by atoms with Crippen LogP contribution in [0.3, 0.4) is 0 Å². The molecule has 0 fully saturated rings. The molecular weight excluding hydrogens is 356 g/mol. The summed E-state index contributed by atoms with van der Waals surface area (Å²) in [6, 6.07) is -3.12. The van der Waals surface area contributed by atoms with Crippen LogP contribution >= 0.6 is 0 Å². The van der Waals surface area contributed by atoms with E-state index < -0.39 is 41.9 Å². The Balaban J connectivity index is 4.96. The highest BCUT2D eigenvalue weighted by Gasteiger charge is 2.28. The SMILES string of the molecule is CCCC[C@H](N)C(=O)N[C@@H](CCC(=O)O)C(=O)N[C@@H](CCCCN)C(=O)O. The lowest BCUT2D eigenvalue weighted by atomic mass is 10.1. The Labute approximate surface area is 159 Å². The monoisotopic (exact) mass is 388 g/mol. The third kappa shape index (κ3) is 11.2. The van der Waals surface area contributed by atoms with Crippen LogP contribution in [0.4, 0.5) is 0 Å². The van der Waals surface area contributed by atoms with E-state index in [0.717, 1.165) is 12.8 Å². The minimum absolute atomic E-state index is 0.164. The van der Waals surface area contributed by atoms with E-state index in [1.165, 1.54) is 0 Å². The standard InChI is InChI=1S/C17H32N4O6/c1-2-3-6-11(19)15(24)20-12(8-9-14(22)23)16(25)21-13(17(26)27)7-4-5-10-18/h11-13H,2-10,18-19H2,1H3,(H,20,24)(H,21,25)(H,22,23)(H,26,27)/t11-,12-,13-/m0/s1. The Hall–Kier alpha value is -2.20. The number of nitrogens with one attached hydrogen (secondary N) is 2. The van der Waals surface area contributed by atoms with Crippen LogP contribution in [0, 0.1) is 0 Å². The van der Waals surface area contributed by atoms with E-state index in [1.54, 1.807) is 0 Å². The summed E-state index contributed by atoms with van der Waals surface area (Å²) in [5.41, 5.74) is 11.1. The van der Waals surface area contributed by atoms with Crippen molar-refractivity contribution in [2.75, 3.05) is 6.54 Å². The van der Waals surface area contributed by atoms with Crippen molar-refractivity contribution in [3.63, 3.8) is 0 Å². The fraction of sp³-hybridized carbons (Fsp3) is 0.765. The van der Waals surface area contributed by atoms with Crippen molar-refractivity contribution < 1.29 is 29.4 Å². The second-order valence-corrected chi connectivity index (χ2v) is 6.43. The summed E-state index contributed by atoms with van der Waals surface area (Å²) in [4.78, 5) is 46.7. The van der Waals surface area contributed by atoms with Crippen molar-refractivity contribution >= 4 is 23.8 Å². The number of hydrogen-bond donors (Lipinski definition) is 6. The number of hydrogen-bond acceptors (Lipinski definition) is 6. The maximum absolute atomic E-state index is 12.4. The lowest BCUT2D eigenvalue weighted by molar-refractivity contribution is -0.143. The molecule has 0 radical (unpaired) electrons. The van der Waals surface area contributed by atoms with Crippen LogP contribution in [-0.4, -0.2) is 58.6 Å². The van der Waals surface area contributed by atoms with Crippen molar-refractivity contribution in [3.8, 4) is 0 Å². The Morgan fingerprint density at radius 3 is 2.04 bits per heavy atom.